The molecule has 0 spiro atoms. The Labute approximate surface area is 126 Å². The van der Waals surface area contributed by atoms with E-state index in [2.05, 4.69) is 15.0 Å². The van der Waals surface area contributed by atoms with E-state index in [1.165, 1.54) is 6.07 Å². The van der Waals surface area contributed by atoms with Crippen molar-refractivity contribution in [2.75, 3.05) is 19.7 Å². The summed E-state index contributed by atoms with van der Waals surface area (Å²) in [5.41, 5.74) is 0.964. The summed E-state index contributed by atoms with van der Waals surface area (Å²) in [7, 11) is -3.56. The molecule has 0 bridgehead atoms. The van der Waals surface area contributed by atoms with E-state index in [-0.39, 0.29) is 11.1 Å². The van der Waals surface area contributed by atoms with Crippen molar-refractivity contribution >= 4 is 10.0 Å². The van der Waals surface area contributed by atoms with Gasteiger partial charge in [-0.2, -0.15) is 0 Å². The van der Waals surface area contributed by atoms with Gasteiger partial charge in [-0.05, 0) is 37.4 Å². The minimum Gasteiger partial charge on any atom is -0.377 e. The van der Waals surface area contributed by atoms with Crippen molar-refractivity contribution in [2.24, 2.45) is 0 Å². The number of nitrogens with one attached hydrogen (secondary N) is 2. The molecule has 21 heavy (non-hydrogen) atoms. The molecule has 1 aliphatic heterocycles. The van der Waals surface area contributed by atoms with E-state index in [9.17, 15) is 8.42 Å². The Balaban J connectivity index is 1.91. The second-order valence-corrected chi connectivity index (χ2v) is 6.84. The Bertz CT molecular complexity index is 525. The van der Waals surface area contributed by atoms with Gasteiger partial charge in [-0.1, -0.05) is 13.0 Å². The first-order valence-corrected chi connectivity index (χ1v) is 8.87. The van der Waals surface area contributed by atoms with Gasteiger partial charge >= 0.3 is 0 Å². The van der Waals surface area contributed by atoms with Crippen LogP contribution in [-0.2, 0) is 21.3 Å². The van der Waals surface area contributed by atoms with E-state index in [1.807, 2.05) is 6.92 Å². The fourth-order valence-electron chi connectivity index (χ4n) is 2.19. The maximum Gasteiger partial charge on any atom is 0.258 e. The Hall–Kier alpha value is -1.02. The average Bonchev–Trinajstić information content (AvgIpc) is 2.52. The first-order chi connectivity index (χ1) is 10.1. The summed E-state index contributed by atoms with van der Waals surface area (Å²) in [5, 5.41) is 3.22. The van der Waals surface area contributed by atoms with Gasteiger partial charge in [0.15, 0.2) is 5.03 Å². The highest BCUT2D eigenvalue weighted by Crippen LogP contribution is 2.13. The third kappa shape index (κ3) is 5.03. The summed E-state index contributed by atoms with van der Waals surface area (Å²) in [6.07, 6.45) is 4.61. The van der Waals surface area contributed by atoms with Crippen LogP contribution in [0.15, 0.2) is 23.4 Å². The molecule has 1 aromatic heterocycles. The number of nitrogens with zero attached hydrogens (tertiary/aromatic N) is 1. The number of aromatic nitrogens is 1. The summed E-state index contributed by atoms with van der Waals surface area (Å²) in [4.78, 5) is 4.04. The standard InChI is InChI=1S/C14H23N3O3S/c1-2-15-9-12-6-7-14(16-10-12)21(18,19)17-11-13-5-3-4-8-20-13/h6-7,10,13,15,17H,2-5,8-9,11H2,1H3. The van der Waals surface area contributed by atoms with Crippen LogP contribution < -0.4 is 10.0 Å². The van der Waals surface area contributed by atoms with E-state index >= 15 is 0 Å². The van der Waals surface area contributed by atoms with Crippen LogP contribution in [0.25, 0.3) is 0 Å². The lowest BCUT2D eigenvalue weighted by molar-refractivity contribution is 0.0200. The summed E-state index contributed by atoms with van der Waals surface area (Å²) in [5.74, 6) is 0. The SMILES string of the molecule is CCNCc1ccc(S(=O)(=O)NCC2CCCCO2)nc1. The quantitative estimate of drug-likeness (QED) is 0.786. The van der Waals surface area contributed by atoms with Crippen LogP contribution >= 0.6 is 0 Å². The van der Waals surface area contributed by atoms with Crippen LogP contribution in [0, 0.1) is 0 Å². The van der Waals surface area contributed by atoms with Crippen molar-refractivity contribution in [3.8, 4) is 0 Å². The summed E-state index contributed by atoms with van der Waals surface area (Å²) in [6.45, 7) is 4.59. The predicted octanol–water partition coefficient (Wildman–Crippen LogP) is 1.04. The normalized spacial score (nSPS) is 19.6. The molecule has 7 heteroatoms. The van der Waals surface area contributed by atoms with E-state index < -0.39 is 10.0 Å². The lowest BCUT2D eigenvalue weighted by Gasteiger charge is -2.22. The smallest absolute Gasteiger partial charge is 0.258 e. The van der Waals surface area contributed by atoms with Crippen LogP contribution in [0.2, 0.25) is 0 Å². The molecule has 2 rings (SSSR count). The number of hydrogen-bond acceptors (Lipinski definition) is 5. The Morgan fingerprint density at radius 1 is 1.38 bits per heavy atom. The van der Waals surface area contributed by atoms with E-state index in [1.54, 1.807) is 12.3 Å². The molecular weight excluding hydrogens is 290 g/mol. The summed E-state index contributed by atoms with van der Waals surface area (Å²) >= 11 is 0. The van der Waals surface area contributed by atoms with Gasteiger partial charge in [0.25, 0.3) is 10.0 Å². The largest absolute Gasteiger partial charge is 0.377 e. The first kappa shape index (κ1) is 16.4. The van der Waals surface area contributed by atoms with Crippen molar-refractivity contribution in [1.29, 1.82) is 0 Å². The lowest BCUT2D eigenvalue weighted by atomic mass is 10.1. The molecule has 0 radical (unpaired) electrons. The van der Waals surface area contributed by atoms with E-state index in [0.717, 1.165) is 31.4 Å². The average molecular weight is 313 g/mol. The predicted molar refractivity (Wildman–Crippen MR) is 80.4 cm³/mol. The number of pyridine rings is 1. The van der Waals surface area contributed by atoms with Gasteiger partial charge < -0.3 is 10.1 Å². The van der Waals surface area contributed by atoms with Gasteiger partial charge in [0.05, 0.1) is 6.10 Å². The van der Waals surface area contributed by atoms with Crippen molar-refractivity contribution in [3.05, 3.63) is 23.9 Å². The van der Waals surface area contributed by atoms with Gasteiger partial charge in [-0.15, -0.1) is 0 Å². The highest BCUT2D eigenvalue weighted by molar-refractivity contribution is 7.89. The molecule has 1 fully saturated rings. The lowest BCUT2D eigenvalue weighted by Crippen LogP contribution is -2.35. The van der Waals surface area contributed by atoms with E-state index in [4.69, 9.17) is 4.74 Å². The fourth-order valence-corrected chi connectivity index (χ4v) is 3.18. The monoisotopic (exact) mass is 313 g/mol. The van der Waals surface area contributed by atoms with Gasteiger partial charge in [0, 0.05) is 25.9 Å². The molecule has 1 atom stereocenters. The molecule has 1 aromatic rings. The molecule has 118 valence electrons. The molecule has 0 aliphatic carbocycles. The van der Waals surface area contributed by atoms with Gasteiger partial charge in [-0.25, -0.2) is 18.1 Å². The maximum absolute atomic E-state index is 12.2. The minimum atomic E-state index is -3.56. The Morgan fingerprint density at radius 2 is 2.24 bits per heavy atom. The van der Waals surface area contributed by atoms with Crippen molar-refractivity contribution < 1.29 is 13.2 Å². The van der Waals surface area contributed by atoms with Gasteiger partial charge in [0.2, 0.25) is 0 Å². The van der Waals surface area contributed by atoms with Crippen molar-refractivity contribution in [2.45, 2.75) is 43.9 Å². The molecule has 6 nitrogen and oxygen atoms in total. The third-order valence-electron chi connectivity index (χ3n) is 3.43. The molecule has 2 heterocycles. The molecule has 1 aliphatic rings. The molecule has 0 saturated carbocycles. The Morgan fingerprint density at radius 3 is 2.86 bits per heavy atom. The number of hydrogen-bond donors (Lipinski definition) is 2. The Kier molecular flexibility index (Phi) is 6.10. The van der Waals surface area contributed by atoms with Crippen LogP contribution in [-0.4, -0.2) is 39.2 Å². The molecule has 1 saturated heterocycles. The van der Waals surface area contributed by atoms with E-state index in [0.29, 0.717) is 19.7 Å². The van der Waals surface area contributed by atoms with Crippen LogP contribution in [0.1, 0.15) is 31.7 Å². The summed E-state index contributed by atoms with van der Waals surface area (Å²) in [6, 6.07) is 3.32. The molecule has 1 unspecified atom stereocenters. The number of ether oxygens (including phenoxy) is 1. The zero-order valence-corrected chi connectivity index (χ0v) is 13.2. The molecule has 2 N–H and O–H groups in total. The zero-order valence-electron chi connectivity index (χ0n) is 12.3. The number of sulfonamides is 1. The van der Waals surface area contributed by atoms with Crippen LogP contribution in [0.5, 0.6) is 0 Å². The first-order valence-electron chi connectivity index (χ1n) is 7.38. The second-order valence-electron chi connectivity index (χ2n) is 5.13. The maximum atomic E-state index is 12.2. The van der Waals surface area contributed by atoms with Gasteiger partial charge in [0.1, 0.15) is 0 Å². The third-order valence-corrected chi connectivity index (χ3v) is 4.77. The van der Waals surface area contributed by atoms with Gasteiger partial charge in [-0.3, -0.25) is 0 Å². The molecule has 0 amide bonds. The zero-order chi connectivity index (χ0) is 15.1. The number of rotatable bonds is 7. The second kappa shape index (κ2) is 7.84. The topological polar surface area (TPSA) is 80.3 Å². The van der Waals surface area contributed by atoms with Crippen molar-refractivity contribution in [1.82, 2.24) is 15.0 Å². The highest BCUT2D eigenvalue weighted by Gasteiger charge is 2.20. The molecular formula is C14H23N3O3S. The van der Waals surface area contributed by atoms with Crippen molar-refractivity contribution in [3.63, 3.8) is 0 Å². The van der Waals surface area contributed by atoms with Crippen LogP contribution in [0.4, 0.5) is 0 Å². The summed E-state index contributed by atoms with van der Waals surface area (Å²) < 4.78 is 32.4. The fraction of sp³-hybridized carbons (Fsp3) is 0.643. The molecule has 0 aromatic carbocycles. The minimum absolute atomic E-state index is 0.0263. The van der Waals surface area contributed by atoms with Crippen LogP contribution in [0.3, 0.4) is 0 Å². The highest BCUT2D eigenvalue weighted by atomic mass is 32.2.